The number of rotatable bonds is 5. The number of urea groups is 1. The number of aliphatic hydroxyl groups is 1. The van der Waals surface area contributed by atoms with E-state index in [1.165, 1.54) is 4.90 Å². The number of carbonyl (C=O) groups excluding carboxylic acids is 2. The first kappa shape index (κ1) is 21.7. The molecule has 0 saturated heterocycles. The number of hydrogen-bond donors (Lipinski definition) is 4. The van der Waals surface area contributed by atoms with Crippen LogP contribution in [0.3, 0.4) is 0 Å². The first-order valence-corrected chi connectivity index (χ1v) is 11.2. The van der Waals surface area contributed by atoms with Gasteiger partial charge in [-0.1, -0.05) is 54.6 Å². The summed E-state index contributed by atoms with van der Waals surface area (Å²) < 4.78 is 0. The molecule has 3 aromatic carbocycles. The highest BCUT2D eigenvalue weighted by atomic mass is 16.3. The van der Waals surface area contributed by atoms with Gasteiger partial charge in [0.15, 0.2) is 5.72 Å². The van der Waals surface area contributed by atoms with Crippen molar-refractivity contribution in [2.45, 2.75) is 25.6 Å². The number of H-pyrrole nitrogens is 1. The normalized spacial score (nSPS) is 18.1. The van der Waals surface area contributed by atoms with E-state index >= 15 is 0 Å². The third-order valence-electron chi connectivity index (χ3n) is 6.22. The number of hydrogen-bond acceptors (Lipinski definition) is 4. The van der Waals surface area contributed by atoms with E-state index in [1.54, 1.807) is 36.4 Å². The van der Waals surface area contributed by atoms with Gasteiger partial charge in [-0.05, 0) is 37.6 Å². The maximum Gasteiger partial charge on any atom is 0.321 e. The monoisotopic (exact) mass is 455 g/mol. The molecule has 0 radical (unpaired) electrons. The highest BCUT2D eigenvalue weighted by molar-refractivity contribution is 6.01. The van der Waals surface area contributed by atoms with Crippen molar-refractivity contribution < 1.29 is 14.7 Å². The van der Waals surface area contributed by atoms with Gasteiger partial charge in [-0.15, -0.1) is 0 Å². The molecule has 2 heterocycles. The molecular weight excluding hydrogens is 430 g/mol. The fourth-order valence-corrected chi connectivity index (χ4v) is 4.61. The van der Waals surface area contributed by atoms with Crippen molar-refractivity contribution in [2.75, 3.05) is 11.9 Å². The van der Waals surface area contributed by atoms with Gasteiger partial charge in [0.05, 0.1) is 17.1 Å². The van der Waals surface area contributed by atoms with Gasteiger partial charge in [-0.3, -0.25) is 15.0 Å². The molecule has 3 amide bonds. The summed E-state index contributed by atoms with van der Waals surface area (Å²) in [5.41, 5.74) is 1.98. The van der Waals surface area contributed by atoms with Crippen molar-refractivity contribution in [3.63, 3.8) is 0 Å². The molecule has 4 aromatic rings. The maximum absolute atomic E-state index is 13.5. The van der Waals surface area contributed by atoms with E-state index in [4.69, 9.17) is 0 Å². The fourth-order valence-electron chi connectivity index (χ4n) is 4.61. The lowest BCUT2D eigenvalue weighted by molar-refractivity contribution is -0.0676. The summed E-state index contributed by atoms with van der Waals surface area (Å²) in [5.74, 6) is 0.0534. The van der Waals surface area contributed by atoms with Crippen LogP contribution in [0.1, 0.15) is 46.9 Å². The van der Waals surface area contributed by atoms with E-state index in [1.807, 2.05) is 50.2 Å². The molecule has 8 heteroatoms. The second kappa shape index (κ2) is 8.31. The number of carbonyl (C=O) groups is 2. The number of fused-ring (bicyclic) bond motifs is 2. The van der Waals surface area contributed by atoms with Crippen LogP contribution in [-0.2, 0) is 5.72 Å². The lowest BCUT2D eigenvalue weighted by atomic mass is 9.92. The third kappa shape index (κ3) is 3.39. The minimum absolute atomic E-state index is 0.241. The third-order valence-corrected chi connectivity index (χ3v) is 6.22. The van der Waals surface area contributed by atoms with Gasteiger partial charge in [0, 0.05) is 23.2 Å². The number of amides is 3. The Bertz CT molecular complexity index is 1380. The Morgan fingerprint density at radius 1 is 1.12 bits per heavy atom. The lowest BCUT2D eigenvalue weighted by Gasteiger charge is -2.39. The smallest absolute Gasteiger partial charge is 0.321 e. The largest absolute Gasteiger partial charge is 0.363 e. The minimum atomic E-state index is -1.69. The Hall–Kier alpha value is -4.17. The van der Waals surface area contributed by atoms with Crippen LogP contribution in [0, 0.1) is 0 Å². The van der Waals surface area contributed by atoms with Crippen LogP contribution >= 0.6 is 0 Å². The van der Waals surface area contributed by atoms with Gasteiger partial charge >= 0.3 is 6.03 Å². The molecule has 0 fully saturated rings. The standard InChI is InChI=1S/C26H25N5O3/c1-3-27-25(33)30-24-28-21-14-13-18(15-22(21)29-24)26(34)20-12-8-7-11-19(20)23(32)31(26)16(2)17-9-5-4-6-10-17/h4-16,34H,3H2,1-2H3,(H3,27,28,29,30,33). The quantitative estimate of drug-likeness (QED) is 0.363. The van der Waals surface area contributed by atoms with Crippen molar-refractivity contribution in [3.8, 4) is 0 Å². The highest BCUT2D eigenvalue weighted by Crippen LogP contribution is 2.47. The van der Waals surface area contributed by atoms with Gasteiger partial charge in [-0.25, -0.2) is 9.78 Å². The Kier molecular flexibility index (Phi) is 5.30. The molecule has 8 nitrogen and oxygen atoms in total. The molecule has 1 aliphatic heterocycles. The van der Waals surface area contributed by atoms with E-state index in [0.717, 1.165) is 5.56 Å². The number of aromatic nitrogens is 2. The van der Waals surface area contributed by atoms with Crippen LogP contribution < -0.4 is 10.6 Å². The van der Waals surface area contributed by atoms with Gasteiger partial charge in [-0.2, -0.15) is 0 Å². The second-order valence-electron chi connectivity index (χ2n) is 8.28. The number of benzene rings is 3. The summed E-state index contributed by atoms with van der Waals surface area (Å²) >= 11 is 0. The van der Waals surface area contributed by atoms with Crippen molar-refractivity contribution in [3.05, 3.63) is 95.1 Å². The number of anilines is 1. The fraction of sp³-hybridized carbons (Fsp3) is 0.192. The van der Waals surface area contributed by atoms with Gasteiger partial charge in [0.25, 0.3) is 5.91 Å². The number of imidazole rings is 1. The van der Waals surface area contributed by atoms with Crippen LogP contribution in [0.5, 0.6) is 0 Å². The molecule has 0 spiro atoms. The summed E-state index contributed by atoms with van der Waals surface area (Å²) in [6, 6.07) is 21.3. The summed E-state index contributed by atoms with van der Waals surface area (Å²) in [4.78, 5) is 34.5. The molecule has 4 N–H and O–H groups in total. The second-order valence-corrected chi connectivity index (χ2v) is 8.28. The predicted octanol–water partition coefficient (Wildman–Crippen LogP) is 4.11. The molecule has 2 atom stereocenters. The van der Waals surface area contributed by atoms with Crippen LogP contribution in [0.4, 0.5) is 10.7 Å². The molecule has 2 unspecified atom stereocenters. The zero-order valence-corrected chi connectivity index (χ0v) is 18.9. The van der Waals surface area contributed by atoms with Crippen LogP contribution in [0.25, 0.3) is 11.0 Å². The zero-order valence-electron chi connectivity index (χ0n) is 18.9. The summed E-state index contributed by atoms with van der Waals surface area (Å²) in [7, 11) is 0. The van der Waals surface area contributed by atoms with E-state index in [9.17, 15) is 14.7 Å². The Morgan fingerprint density at radius 3 is 2.62 bits per heavy atom. The van der Waals surface area contributed by atoms with E-state index in [0.29, 0.717) is 40.2 Å². The lowest BCUT2D eigenvalue weighted by Crippen LogP contribution is -2.46. The van der Waals surface area contributed by atoms with Crippen LogP contribution in [-0.4, -0.2) is 38.5 Å². The SMILES string of the molecule is CCNC(=O)Nc1nc2cc(C3(O)c4ccccc4C(=O)N3C(C)c3ccccc3)ccc2[nH]1. The van der Waals surface area contributed by atoms with Crippen molar-refractivity contribution in [1.82, 2.24) is 20.2 Å². The minimum Gasteiger partial charge on any atom is -0.363 e. The zero-order chi connectivity index (χ0) is 23.9. The Balaban J connectivity index is 1.61. The van der Waals surface area contributed by atoms with E-state index in [-0.39, 0.29) is 11.9 Å². The summed E-state index contributed by atoms with van der Waals surface area (Å²) in [6.45, 7) is 4.23. The molecular formula is C26H25N5O3. The highest BCUT2D eigenvalue weighted by Gasteiger charge is 2.51. The molecule has 5 rings (SSSR count). The molecule has 0 saturated carbocycles. The van der Waals surface area contributed by atoms with Gasteiger partial charge in [0.1, 0.15) is 0 Å². The van der Waals surface area contributed by atoms with Crippen LogP contribution in [0.2, 0.25) is 0 Å². The van der Waals surface area contributed by atoms with Crippen molar-refractivity contribution in [1.29, 1.82) is 0 Å². The predicted molar refractivity (Wildman–Crippen MR) is 129 cm³/mol. The summed E-state index contributed by atoms with van der Waals surface area (Å²) in [6.07, 6.45) is 0. The maximum atomic E-state index is 13.5. The molecule has 0 aliphatic carbocycles. The van der Waals surface area contributed by atoms with Crippen molar-refractivity contribution >= 4 is 28.9 Å². The van der Waals surface area contributed by atoms with E-state index in [2.05, 4.69) is 20.6 Å². The molecule has 34 heavy (non-hydrogen) atoms. The average Bonchev–Trinajstić information content (AvgIpc) is 3.35. The number of aromatic amines is 1. The number of nitrogens with one attached hydrogen (secondary N) is 3. The molecule has 1 aliphatic rings. The van der Waals surface area contributed by atoms with E-state index < -0.39 is 11.8 Å². The average molecular weight is 456 g/mol. The van der Waals surface area contributed by atoms with Gasteiger partial charge < -0.3 is 15.4 Å². The Labute approximate surface area is 196 Å². The van der Waals surface area contributed by atoms with Crippen molar-refractivity contribution in [2.24, 2.45) is 0 Å². The summed E-state index contributed by atoms with van der Waals surface area (Å²) in [5, 5.41) is 17.6. The topological polar surface area (TPSA) is 110 Å². The molecule has 0 bridgehead atoms. The number of nitrogens with zero attached hydrogens (tertiary/aromatic N) is 2. The molecule has 172 valence electrons. The van der Waals surface area contributed by atoms with Crippen LogP contribution in [0.15, 0.2) is 72.8 Å². The van der Waals surface area contributed by atoms with Gasteiger partial charge in [0.2, 0.25) is 5.95 Å². The first-order valence-electron chi connectivity index (χ1n) is 11.2. The molecule has 1 aromatic heterocycles. The Morgan fingerprint density at radius 2 is 1.85 bits per heavy atom. The first-order chi connectivity index (χ1) is 16.4.